The summed E-state index contributed by atoms with van der Waals surface area (Å²) >= 11 is 0. The third-order valence-electron chi connectivity index (χ3n) is 3.70. The predicted molar refractivity (Wildman–Crippen MR) is 96.1 cm³/mol. The monoisotopic (exact) mass is 353 g/mol. The van der Waals surface area contributed by atoms with Gasteiger partial charge in [-0.25, -0.2) is 5.43 Å². The SMILES string of the molecule is O=C(CC(=O)N/N=C\c1ccc2c(c1)OCO2)NCCc1ccccc1. The number of hydrogen-bond acceptors (Lipinski definition) is 5. The fourth-order valence-electron chi connectivity index (χ4n) is 2.41. The smallest absolute Gasteiger partial charge is 0.249 e. The highest BCUT2D eigenvalue weighted by Crippen LogP contribution is 2.31. The van der Waals surface area contributed by atoms with Crippen LogP contribution in [0.2, 0.25) is 0 Å². The highest BCUT2D eigenvalue weighted by atomic mass is 16.7. The number of benzene rings is 2. The highest BCUT2D eigenvalue weighted by Gasteiger charge is 2.12. The van der Waals surface area contributed by atoms with Crippen LogP contribution < -0.4 is 20.2 Å². The molecule has 2 aromatic rings. The number of carbonyl (C=O) groups excluding carboxylic acids is 2. The number of fused-ring (bicyclic) bond motifs is 1. The summed E-state index contributed by atoms with van der Waals surface area (Å²) < 4.78 is 10.5. The summed E-state index contributed by atoms with van der Waals surface area (Å²) in [5.41, 5.74) is 4.22. The van der Waals surface area contributed by atoms with Gasteiger partial charge in [-0.15, -0.1) is 0 Å². The van der Waals surface area contributed by atoms with E-state index in [9.17, 15) is 9.59 Å². The van der Waals surface area contributed by atoms with Crippen LogP contribution >= 0.6 is 0 Å². The van der Waals surface area contributed by atoms with Crippen molar-refractivity contribution in [2.24, 2.45) is 5.10 Å². The van der Waals surface area contributed by atoms with E-state index < -0.39 is 5.91 Å². The lowest BCUT2D eigenvalue weighted by Crippen LogP contribution is -2.31. The Morgan fingerprint density at radius 1 is 1.04 bits per heavy atom. The van der Waals surface area contributed by atoms with Crippen molar-refractivity contribution in [2.45, 2.75) is 12.8 Å². The molecule has 2 aromatic carbocycles. The molecule has 1 heterocycles. The molecule has 0 unspecified atom stereocenters. The first-order chi connectivity index (χ1) is 12.7. The molecule has 0 fully saturated rings. The zero-order valence-corrected chi connectivity index (χ0v) is 14.1. The maximum Gasteiger partial charge on any atom is 0.249 e. The van der Waals surface area contributed by atoms with Gasteiger partial charge in [-0.2, -0.15) is 5.10 Å². The Kier molecular flexibility index (Phi) is 5.82. The number of nitrogens with one attached hydrogen (secondary N) is 2. The largest absolute Gasteiger partial charge is 0.454 e. The van der Waals surface area contributed by atoms with E-state index in [0.717, 1.165) is 17.5 Å². The van der Waals surface area contributed by atoms with E-state index in [1.807, 2.05) is 30.3 Å². The fraction of sp³-hybridized carbons (Fsp3) is 0.211. The molecule has 7 heteroatoms. The van der Waals surface area contributed by atoms with Crippen molar-refractivity contribution < 1.29 is 19.1 Å². The van der Waals surface area contributed by atoms with Gasteiger partial charge in [0.15, 0.2) is 11.5 Å². The molecule has 1 aliphatic heterocycles. The van der Waals surface area contributed by atoms with Crippen molar-refractivity contribution in [3.05, 3.63) is 59.7 Å². The third kappa shape index (κ3) is 5.07. The summed E-state index contributed by atoms with van der Waals surface area (Å²) in [7, 11) is 0. The number of rotatable bonds is 7. The Balaban J connectivity index is 1.37. The molecule has 2 N–H and O–H groups in total. The Hall–Kier alpha value is -3.35. The van der Waals surface area contributed by atoms with E-state index in [1.54, 1.807) is 18.2 Å². The van der Waals surface area contributed by atoms with Gasteiger partial charge in [0, 0.05) is 6.54 Å². The van der Waals surface area contributed by atoms with Crippen LogP contribution in [0.25, 0.3) is 0 Å². The average Bonchev–Trinajstić information content (AvgIpc) is 3.10. The van der Waals surface area contributed by atoms with Gasteiger partial charge in [-0.05, 0) is 35.7 Å². The molecule has 0 aliphatic carbocycles. The standard InChI is InChI=1S/C19H19N3O4/c23-18(20-9-8-14-4-2-1-3-5-14)11-19(24)22-21-12-15-6-7-16-17(10-15)26-13-25-16/h1-7,10,12H,8-9,11,13H2,(H,20,23)(H,22,24)/b21-12-. The van der Waals surface area contributed by atoms with Gasteiger partial charge in [0.25, 0.3) is 0 Å². The first-order valence-corrected chi connectivity index (χ1v) is 8.23. The molecule has 1 aliphatic rings. The summed E-state index contributed by atoms with van der Waals surface area (Å²) in [5, 5.41) is 6.56. The molecule has 0 bridgehead atoms. The molecule has 0 atom stereocenters. The summed E-state index contributed by atoms with van der Waals surface area (Å²) in [6.45, 7) is 0.683. The Morgan fingerprint density at radius 3 is 2.69 bits per heavy atom. The van der Waals surface area contributed by atoms with E-state index in [-0.39, 0.29) is 19.1 Å². The van der Waals surface area contributed by atoms with E-state index in [1.165, 1.54) is 6.21 Å². The van der Waals surface area contributed by atoms with Gasteiger partial charge in [0.05, 0.1) is 6.21 Å². The van der Waals surface area contributed by atoms with Crippen molar-refractivity contribution in [1.82, 2.24) is 10.7 Å². The minimum Gasteiger partial charge on any atom is -0.454 e. The zero-order chi connectivity index (χ0) is 18.2. The first-order valence-electron chi connectivity index (χ1n) is 8.23. The van der Waals surface area contributed by atoms with Crippen LogP contribution in [0.1, 0.15) is 17.5 Å². The summed E-state index contributed by atoms with van der Waals surface area (Å²) in [6, 6.07) is 15.1. The lowest BCUT2D eigenvalue weighted by atomic mass is 10.1. The number of nitrogens with zero attached hydrogens (tertiary/aromatic N) is 1. The number of hydrogen-bond donors (Lipinski definition) is 2. The molecule has 0 aromatic heterocycles. The molecule has 0 spiro atoms. The summed E-state index contributed by atoms with van der Waals surface area (Å²) in [6.07, 6.45) is 1.93. The predicted octanol–water partition coefficient (Wildman–Crippen LogP) is 1.61. The summed E-state index contributed by atoms with van der Waals surface area (Å²) in [5.74, 6) is 0.507. The molecular weight excluding hydrogens is 334 g/mol. The second-order valence-electron chi connectivity index (χ2n) is 5.67. The van der Waals surface area contributed by atoms with Gasteiger partial charge in [-0.3, -0.25) is 9.59 Å². The molecule has 0 radical (unpaired) electrons. The number of amides is 2. The quantitative estimate of drug-likeness (QED) is 0.450. The number of carbonyl (C=O) groups is 2. The third-order valence-corrected chi connectivity index (χ3v) is 3.70. The zero-order valence-electron chi connectivity index (χ0n) is 14.1. The first kappa shape index (κ1) is 17.5. The van der Waals surface area contributed by atoms with Gasteiger partial charge in [-0.1, -0.05) is 30.3 Å². The number of ether oxygens (including phenoxy) is 2. The van der Waals surface area contributed by atoms with Gasteiger partial charge in [0.2, 0.25) is 18.6 Å². The molecule has 3 rings (SSSR count). The van der Waals surface area contributed by atoms with Crippen LogP contribution in [0.3, 0.4) is 0 Å². The van der Waals surface area contributed by atoms with Crippen molar-refractivity contribution in [3.8, 4) is 11.5 Å². The van der Waals surface area contributed by atoms with Crippen LogP contribution in [0, 0.1) is 0 Å². The second-order valence-corrected chi connectivity index (χ2v) is 5.67. The highest BCUT2D eigenvalue weighted by molar-refractivity contribution is 5.97. The number of hydrazone groups is 1. The normalized spacial score (nSPS) is 12.2. The summed E-state index contributed by atoms with van der Waals surface area (Å²) in [4.78, 5) is 23.5. The van der Waals surface area contributed by atoms with Crippen LogP contribution in [0.4, 0.5) is 0 Å². The van der Waals surface area contributed by atoms with Crippen molar-refractivity contribution in [1.29, 1.82) is 0 Å². The molecule has 26 heavy (non-hydrogen) atoms. The lowest BCUT2D eigenvalue weighted by Gasteiger charge is -2.04. The fourth-order valence-corrected chi connectivity index (χ4v) is 2.41. The van der Waals surface area contributed by atoms with Gasteiger partial charge >= 0.3 is 0 Å². The molecule has 7 nitrogen and oxygen atoms in total. The molecule has 0 saturated heterocycles. The molecular formula is C19H19N3O4. The topological polar surface area (TPSA) is 89.0 Å². The lowest BCUT2D eigenvalue weighted by molar-refractivity contribution is -0.129. The maximum atomic E-state index is 11.8. The molecule has 0 saturated carbocycles. The van der Waals surface area contributed by atoms with E-state index in [0.29, 0.717) is 18.0 Å². The van der Waals surface area contributed by atoms with E-state index >= 15 is 0 Å². The minimum absolute atomic E-state index is 0.200. The van der Waals surface area contributed by atoms with Gasteiger partial charge < -0.3 is 14.8 Å². The molecule has 134 valence electrons. The van der Waals surface area contributed by atoms with E-state index in [4.69, 9.17) is 9.47 Å². The minimum atomic E-state index is -0.473. The van der Waals surface area contributed by atoms with Crippen LogP contribution in [0.15, 0.2) is 53.6 Å². The Morgan fingerprint density at radius 2 is 1.85 bits per heavy atom. The Labute approximate surface area is 151 Å². The Bertz CT molecular complexity index is 806. The molecule has 2 amide bonds. The van der Waals surface area contributed by atoms with Gasteiger partial charge in [0.1, 0.15) is 6.42 Å². The van der Waals surface area contributed by atoms with Crippen molar-refractivity contribution >= 4 is 18.0 Å². The van der Waals surface area contributed by atoms with Crippen LogP contribution in [0.5, 0.6) is 11.5 Å². The average molecular weight is 353 g/mol. The second kappa shape index (κ2) is 8.66. The van der Waals surface area contributed by atoms with Crippen LogP contribution in [-0.2, 0) is 16.0 Å². The van der Waals surface area contributed by atoms with E-state index in [2.05, 4.69) is 15.8 Å². The van der Waals surface area contributed by atoms with Crippen molar-refractivity contribution in [3.63, 3.8) is 0 Å². The van der Waals surface area contributed by atoms with Crippen molar-refractivity contribution in [2.75, 3.05) is 13.3 Å². The van der Waals surface area contributed by atoms with Crippen LogP contribution in [-0.4, -0.2) is 31.4 Å². The maximum absolute atomic E-state index is 11.8.